The van der Waals surface area contributed by atoms with E-state index in [2.05, 4.69) is 20.1 Å². The van der Waals surface area contributed by atoms with Gasteiger partial charge in [-0.3, -0.25) is 4.79 Å². The summed E-state index contributed by atoms with van der Waals surface area (Å²) < 4.78 is 0. The number of carbonyl (C=O) groups excluding carboxylic acids is 1. The Morgan fingerprint density at radius 1 is 1.11 bits per heavy atom. The van der Waals surface area contributed by atoms with Crippen molar-refractivity contribution in [2.75, 3.05) is 31.1 Å². The third-order valence-electron chi connectivity index (χ3n) is 7.03. The zero-order valence-electron chi connectivity index (χ0n) is 16.9. The Morgan fingerprint density at radius 3 is 2.30 bits per heavy atom. The minimum absolute atomic E-state index is 0.0418. The Labute approximate surface area is 163 Å². The highest BCUT2D eigenvalue weighted by Gasteiger charge is 2.39. The van der Waals surface area contributed by atoms with Gasteiger partial charge < -0.3 is 15.1 Å². The molecular formula is C22H34N4O. The van der Waals surface area contributed by atoms with E-state index in [-0.39, 0.29) is 11.9 Å². The second kappa shape index (κ2) is 7.78. The Balaban J connectivity index is 1.29. The summed E-state index contributed by atoms with van der Waals surface area (Å²) in [6.07, 6.45) is 11.3. The number of amides is 1. The molecule has 1 aromatic heterocycles. The summed E-state index contributed by atoms with van der Waals surface area (Å²) in [5, 5.41) is 2.92. The molecule has 4 rings (SSSR count). The number of hydrogen-bond acceptors (Lipinski definition) is 4. The highest BCUT2D eigenvalue weighted by Crippen LogP contribution is 2.43. The number of rotatable bonds is 4. The molecule has 5 nitrogen and oxygen atoms in total. The van der Waals surface area contributed by atoms with Gasteiger partial charge in [-0.1, -0.05) is 6.42 Å². The van der Waals surface area contributed by atoms with Crippen molar-refractivity contribution in [2.24, 2.45) is 5.41 Å². The van der Waals surface area contributed by atoms with Crippen molar-refractivity contribution < 1.29 is 4.79 Å². The van der Waals surface area contributed by atoms with Crippen molar-refractivity contribution >= 4 is 11.7 Å². The summed E-state index contributed by atoms with van der Waals surface area (Å²) in [5.41, 5.74) is 1.21. The Hall–Kier alpha value is -1.62. The SMILES string of the molecule is CC(C)NC(=O)c1ccc(N2CCC3(CC2)CCN(C2CCC2)CC3)nc1. The maximum atomic E-state index is 12.1. The van der Waals surface area contributed by atoms with Crippen LogP contribution in [-0.4, -0.2) is 54.1 Å². The van der Waals surface area contributed by atoms with Crippen LogP contribution in [0, 0.1) is 5.41 Å². The van der Waals surface area contributed by atoms with Crippen molar-refractivity contribution in [3.8, 4) is 0 Å². The minimum atomic E-state index is -0.0418. The van der Waals surface area contributed by atoms with Gasteiger partial charge in [-0.15, -0.1) is 0 Å². The molecule has 3 heterocycles. The molecule has 1 spiro atoms. The van der Waals surface area contributed by atoms with E-state index in [1.807, 2.05) is 26.0 Å². The number of aromatic nitrogens is 1. The van der Waals surface area contributed by atoms with E-state index in [1.165, 1.54) is 58.0 Å². The molecule has 0 unspecified atom stereocenters. The van der Waals surface area contributed by atoms with E-state index in [4.69, 9.17) is 0 Å². The van der Waals surface area contributed by atoms with Crippen LogP contribution in [0.2, 0.25) is 0 Å². The van der Waals surface area contributed by atoms with Gasteiger partial charge >= 0.3 is 0 Å². The van der Waals surface area contributed by atoms with Gasteiger partial charge in [-0.2, -0.15) is 0 Å². The number of piperidine rings is 2. The van der Waals surface area contributed by atoms with Gasteiger partial charge in [0.25, 0.3) is 5.91 Å². The lowest BCUT2D eigenvalue weighted by Gasteiger charge is -2.50. The molecule has 1 N–H and O–H groups in total. The van der Waals surface area contributed by atoms with Gasteiger partial charge in [-0.25, -0.2) is 4.98 Å². The molecule has 27 heavy (non-hydrogen) atoms. The van der Waals surface area contributed by atoms with Crippen LogP contribution in [0.25, 0.3) is 0 Å². The smallest absolute Gasteiger partial charge is 0.253 e. The van der Waals surface area contributed by atoms with Gasteiger partial charge in [0, 0.05) is 31.4 Å². The number of pyridine rings is 1. The molecule has 1 amide bonds. The average Bonchev–Trinajstić information content (AvgIpc) is 2.63. The lowest BCUT2D eigenvalue weighted by atomic mass is 9.70. The van der Waals surface area contributed by atoms with Crippen LogP contribution in [-0.2, 0) is 0 Å². The van der Waals surface area contributed by atoms with Crippen LogP contribution in [0.4, 0.5) is 5.82 Å². The first-order valence-electron chi connectivity index (χ1n) is 10.8. The maximum Gasteiger partial charge on any atom is 0.253 e. The first kappa shape index (κ1) is 18.7. The van der Waals surface area contributed by atoms with Crippen molar-refractivity contribution in [3.63, 3.8) is 0 Å². The fraction of sp³-hybridized carbons (Fsp3) is 0.727. The topological polar surface area (TPSA) is 48.5 Å². The van der Waals surface area contributed by atoms with Gasteiger partial charge in [0.05, 0.1) is 5.56 Å². The van der Waals surface area contributed by atoms with Crippen LogP contribution < -0.4 is 10.2 Å². The zero-order chi connectivity index (χ0) is 18.9. The Morgan fingerprint density at radius 2 is 1.78 bits per heavy atom. The molecule has 148 valence electrons. The lowest BCUT2D eigenvalue weighted by molar-refractivity contribution is 0.0305. The first-order valence-corrected chi connectivity index (χ1v) is 10.8. The predicted octanol–water partition coefficient (Wildman–Crippen LogP) is 3.45. The van der Waals surface area contributed by atoms with E-state index in [9.17, 15) is 4.79 Å². The monoisotopic (exact) mass is 370 g/mol. The normalized spacial score (nSPS) is 23.4. The first-order chi connectivity index (χ1) is 13.0. The molecule has 1 aromatic rings. The molecule has 3 fully saturated rings. The van der Waals surface area contributed by atoms with Crippen molar-refractivity contribution in [2.45, 2.75) is 70.9 Å². The van der Waals surface area contributed by atoms with Gasteiger partial charge in [0.1, 0.15) is 5.82 Å². The summed E-state index contributed by atoms with van der Waals surface area (Å²) in [5.74, 6) is 0.970. The van der Waals surface area contributed by atoms with Crippen LogP contribution in [0.1, 0.15) is 69.2 Å². The molecule has 2 saturated heterocycles. The van der Waals surface area contributed by atoms with Gasteiger partial charge in [-0.05, 0) is 83.0 Å². The number of likely N-dealkylation sites (tertiary alicyclic amines) is 1. The number of anilines is 1. The largest absolute Gasteiger partial charge is 0.357 e. The van der Waals surface area contributed by atoms with Crippen LogP contribution in [0.15, 0.2) is 18.3 Å². The predicted molar refractivity (Wildman–Crippen MR) is 109 cm³/mol. The third-order valence-corrected chi connectivity index (χ3v) is 7.03. The van der Waals surface area contributed by atoms with Crippen LogP contribution in [0.3, 0.4) is 0 Å². The highest BCUT2D eigenvalue weighted by molar-refractivity contribution is 5.94. The highest BCUT2D eigenvalue weighted by atomic mass is 16.1. The van der Waals surface area contributed by atoms with E-state index in [0.29, 0.717) is 11.0 Å². The lowest BCUT2D eigenvalue weighted by Crippen LogP contribution is -2.51. The molecule has 0 radical (unpaired) electrons. The molecule has 2 aliphatic heterocycles. The Kier molecular flexibility index (Phi) is 5.40. The maximum absolute atomic E-state index is 12.1. The summed E-state index contributed by atoms with van der Waals surface area (Å²) >= 11 is 0. The second-order valence-electron chi connectivity index (χ2n) is 9.14. The van der Waals surface area contributed by atoms with Crippen LogP contribution in [0.5, 0.6) is 0 Å². The third kappa shape index (κ3) is 4.13. The molecule has 1 saturated carbocycles. The number of hydrogen-bond donors (Lipinski definition) is 1. The molecule has 0 bridgehead atoms. The van der Waals surface area contributed by atoms with Crippen molar-refractivity contribution in [3.05, 3.63) is 23.9 Å². The number of carbonyl (C=O) groups is 1. The van der Waals surface area contributed by atoms with Gasteiger partial charge in [0.2, 0.25) is 0 Å². The van der Waals surface area contributed by atoms with Crippen LogP contribution >= 0.6 is 0 Å². The van der Waals surface area contributed by atoms with E-state index < -0.39 is 0 Å². The van der Waals surface area contributed by atoms with Crippen molar-refractivity contribution in [1.29, 1.82) is 0 Å². The van der Waals surface area contributed by atoms with E-state index in [1.54, 1.807) is 6.20 Å². The van der Waals surface area contributed by atoms with Crippen molar-refractivity contribution in [1.82, 2.24) is 15.2 Å². The quantitative estimate of drug-likeness (QED) is 0.882. The summed E-state index contributed by atoms with van der Waals surface area (Å²) in [6, 6.07) is 4.96. The standard InChI is InChI=1S/C22H34N4O/c1-17(2)24-21(27)18-6-7-20(23-16-18)26-14-10-22(11-15-26)8-12-25(13-9-22)19-4-3-5-19/h6-7,16-17,19H,3-5,8-15H2,1-2H3,(H,24,27). The molecule has 0 aromatic carbocycles. The van der Waals surface area contributed by atoms with E-state index in [0.717, 1.165) is 24.9 Å². The zero-order valence-corrected chi connectivity index (χ0v) is 16.9. The molecule has 1 aliphatic carbocycles. The molecular weight excluding hydrogens is 336 g/mol. The summed E-state index contributed by atoms with van der Waals surface area (Å²) in [4.78, 5) is 21.8. The van der Waals surface area contributed by atoms with E-state index >= 15 is 0 Å². The fourth-order valence-electron chi connectivity index (χ4n) is 4.88. The summed E-state index contributed by atoms with van der Waals surface area (Å²) in [7, 11) is 0. The second-order valence-corrected chi connectivity index (χ2v) is 9.14. The molecule has 3 aliphatic rings. The fourth-order valence-corrected chi connectivity index (χ4v) is 4.88. The number of nitrogens with zero attached hydrogens (tertiary/aromatic N) is 3. The summed E-state index contributed by atoms with van der Waals surface area (Å²) in [6.45, 7) is 8.74. The van der Waals surface area contributed by atoms with Gasteiger partial charge in [0.15, 0.2) is 0 Å². The molecule has 0 atom stereocenters. The minimum Gasteiger partial charge on any atom is -0.357 e. The Bertz CT molecular complexity index is 635. The average molecular weight is 371 g/mol. The number of nitrogens with one attached hydrogen (secondary N) is 1. The molecule has 5 heteroatoms.